The molecule has 0 spiro atoms. The van der Waals surface area contributed by atoms with Crippen LogP contribution in [0.3, 0.4) is 0 Å². The second-order valence-electron chi connectivity index (χ2n) is 5.44. The average Bonchev–Trinajstić information content (AvgIpc) is 2.95. The molecule has 1 aromatic heterocycles. The minimum atomic E-state index is -0.547. The number of nitrogens with zero attached hydrogens (tertiary/aromatic N) is 1. The molecule has 1 heterocycles. The number of amides is 1. The molecule has 1 aromatic carbocycles. The molecule has 1 amide bonds. The SMILES string of the molecule is CC(C)CC(O)CNC(=O)c1cc(-c2ccccc2)on1. The molecule has 1 unspecified atom stereocenters. The molecule has 0 aliphatic heterocycles. The van der Waals surface area contributed by atoms with Crippen molar-refractivity contribution in [2.24, 2.45) is 5.92 Å². The van der Waals surface area contributed by atoms with Gasteiger partial charge in [-0.2, -0.15) is 0 Å². The van der Waals surface area contributed by atoms with E-state index in [9.17, 15) is 9.90 Å². The van der Waals surface area contributed by atoms with Gasteiger partial charge in [0.1, 0.15) is 0 Å². The third-order valence-corrected chi connectivity index (χ3v) is 3.04. The summed E-state index contributed by atoms with van der Waals surface area (Å²) in [5.74, 6) is 0.584. The van der Waals surface area contributed by atoms with Crippen LogP contribution in [0.5, 0.6) is 0 Å². The molecular weight excluding hydrogens is 268 g/mol. The van der Waals surface area contributed by atoms with Gasteiger partial charge < -0.3 is 14.9 Å². The lowest BCUT2D eigenvalue weighted by molar-refractivity contribution is 0.0891. The fourth-order valence-corrected chi connectivity index (χ4v) is 2.05. The topological polar surface area (TPSA) is 75.4 Å². The predicted octanol–water partition coefficient (Wildman–Crippen LogP) is 2.48. The first-order valence-electron chi connectivity index (χ1n) is 7.04. The highest BCUT2D eigenvalue weighted by Gasteiger charge is 2.15. The van der Waals surface area contributed by atoms with E-state index in [1.54, 1.807) is 6.07 Å². The van der Waals surface area contributed by atoms with Crippen molar-refractivity contribution in [2.75, 3.05) is 6.54 Å². The maximum absolute atomic E-state index is 11.9. The van der Waals surface area contributed by atoms with E-state index < -0.39 is 6.10 Å². The lowest BCUT2D eigenvalue weighted by atomic mass is 10.1. The number of aromatic nitrogens is 1. The molecule has 5 nitrogen and oxygen atoms in total. The fraction of sp³-hybridized carbons (Fsp3) is 0.375. The summed E-state index contributed by atoms with van der Waals surface area (Å²) in [7, 11) is 0. The van der Waals surface area contributed by atoms with E-state index in [4.69, 9.17) is 4.52 Å². The molecule has 2 N–H and O–H groups in total. The summed E-state index contributed by atoms with van der Waals surface area (Å²) in [6.07, 6.45) is 0.100. The summed E-state index contributed by atoms with van der Waals surface area (Å²) in [5.41, 5.74) is 1.08. The van der Waals surface area contributed by atoms with E-state index in [-0.39, 0.29) is 18.1 Å². The standard InChI is InChI=1S/C16H20N2O3/c1-11(2)8-13(19)10-17-16(20)14-9-15(21-18-14)12-6-4-3-5-7-12/h3-7,9,11,13,19H,8,10H2,1-2H3,(H,17,20). The molecule has 0 saturated heterocycles. The number of hydrogen-bond donors (Lipinski definition) is 2. The summed E-state index contributed by atoms with van der Waals surface area (Å²) in [5, 5.41) is 16.2. The van der Waals surface area contributed by atoms with Crippen LogP contribution >= 0.6 is 0 Å². The van der Waals surface area contributed by atoms with Gasteiger partial charge in [0.05, 0.1) is 6.10 Å². The van der Waals surface area contributed by atoms with Gasteiger partial charge >= 0.3 is 0 Å². The van der Waals surface area contributed by atoms with Gasteiger partial charge in [-0.3, -0.25) is 4.79 Å². The van der Waals surface area contributed by atoms with E-state index >= 15 is 0 Å². The normalized spacial score (nSPS) is 12.4. The molecule has 0 radical (unpaired) electrons. The van der Waals surface area contributed by atoms with Crippen LogP contribution in [0.15, 0.2) is 40.9 Å². The first-order valence-corrected chi connectivity index (χ1v) is 7.04. The van der Waals surface area contributed by atoms with E-state index in [0.29, 0.717) is 18.1 Å². The molecule has 0 saturated carbocycles. The summed E-state index contributed by atoms with van der Waals surface area (Å²) >= 11 is 0. The number of hydrogen-bond acceptors (Lipinski definition) is 4. The minimum Gasteiger partial charge on any atom is -0.391 e. The minimum absolute atomic E-state index is 0.213. The number of carbonyl (C=O) groups excluding carboxylic acids is 1. The quantitative estimate of drug-likeness (QED) is 0.856. The Morgan fingerprint density at radius 2 is 2.05 bits per heavy atom. The molecular formula is C16H20N2O3. The molecule has 0 aliphatic rings. The third-order valence-electron chi connectivity index (χ3n) is 3.04. The smallest absolute Gasteiger partial charge is 0.273 e. The monoisotopic (exact) mass is 288 g/mol. The first-order chi connectivity index (χ1) is 10.1. The Morgan fingerprint density at radius 1 is 1.33 bits per heavy atom. The van der Waals surface area contributed by atoms with E-state index in [2.05, 4.69) is 10.5 Å². The van der Waals surface area contributed by atoms with Crippen LogP contribution in [0.25, 0.3) is 11.3 Å². The van der Waals surface area contributed by atoms with Crippen molar-refractivity contribution in [3.63, 3.8) is 0 Å². The highest BCUT2D eigenvalue weighted by Crippen LogP contribution is 2.19. The third kappa shape index (κ3) is 4.43. The zero-order valence-corrected chi connectivity index (χ0v) is 12.2. The molecule has 2 aromatic rings. The van der Waals surface area contributed by atoms with Crippen molar-refractivity contribution < 1.29 is 14.4 Å². The van der Waals surface area contributed by atoms with Gasteiger partial charge in [0, 0.05) is 18.2 Å². The molecule has 1 atom stereocenters. The van der Waals surface area contributed by atoms with E-state index in [1.807, 2.05) is 44.2 Å². The predicted molar refractivity (Wildman–Crippen MR) is 79.7 cm³/mol. The molecule has 0 fully saturated rings. The summed E-state index contributed by atoms with van der Waals surface area (Å²) in [4.78, 5) is 11.9. The number of benzene rings is 1. The summed E-state index contributed by atoms with van der Waals surface area (Å²) < 4.78 is 5.17. The van der Waals surface area contributed by atoms with Crippen molar-refractivity contribution in [2.45, 2.75) is 26.4 Å². The van der Waals surface area contributed by atoms with Crippen LogP contribution < -0.4 is 5.32 Å². The van der Waals surface area contributed by atoms with Crippen LogP contribution in [0, 0.1) is 5.92 Å². The highest BCUT2D eigenvalue weighted by molar-refractivity contribution is 5.93. The van der Waals surface area contributed by atoms with Crippen LogP contribution in [0.2, 0.25) is 0 Å². The molecule has 0 bridgehead atoms. The maximum Gasteiger partial charge on any atom is 0.273 e. The second-order valence-corrected chi connectivity index (χ2v) is 5.44. The van der Waals surface area contributed by atoms with Crippen LogP contribution in [0.1, 0.15) is 30.8 Å². The second kappa shape index (κ2) is 7.04. The molecule has 5 heteroatoms. The largest absolute Gasteiger partial charge is 0.391 e. The van der Waals surface area contributed by atoms with Crippen molar-refractivity contribution in [1.29, 1.82) is 0 Å². The molecule has 112 valence electrons. The zero-order valence-electron chi connectivity index (χ0n) is 12.2. The summed E-state index contributed by atoms with van der Waals surface area (Å²) in [6, 6.07) is 11.0. The summed E-state index contributed by atoms with van der Waals surface area (Å²) in [6.45, 7) is 4.26. The van der Waals surface area contributed by atoms with Gasteiger partial charge in [-0.15, -0.1) is 0 Å². The number of rotatable bonds is 6. The average molecular weight is 288 g/mol. The zero-order chi connectivity index (χ0) is 15.2. The van der Waals surface area contributed by atoms with Crippen LogP contribution in [-0.4, -0.2) is 28.8 Å². The lowest BCUT2D eigenvalue weighted by Gasteiger charge is -2.12. The Bertz CT molecular complexity index is 578. The Hall–Kier alpha value is -2.14. The van der Waals surface area contributed by atoms with Crippen LogP contribution in [-0.2, 0) is 0 Å². The lowest BCUT2D eigenvalue weighted by Crippen LogP contribution is -2.32. The van der Waals surface area contributed by atoms with E-state index in [1.165, 1.54) is 0 Å². The van der Waals surface area contributed by atoms with Gasteiger partial charge in [-0.25, -0.2) is 0 Å². The maximum atomic E-state index is 11.9. The Labute approximate surface area is 124 Å². The molecule has 2 rings (SSSR count). The van der Waals surface area contributed by atoms with Crippen molar-refractivity contribution in [3.05, 3.63) is 42.1 Å². The van der Waals surface area contributed by atoms with Gasteiger partial charge in [0.2, 0.25) is 0 Å². The van der Waals surface area contributed by atoms with Crippen molar-refractivity contribution in [1.82, 2.24) is 10.5 Å². The number of carbonyl (C=O) groups is 1. The Balaban J connectivity index is 1.93. The fourth-order valence-electron chi connectivity index (χ4n) is 2.05. The number of aliphatic hydroxyl groups is 1. The molecule has 21 heavy (non-hydrogen) atoms. The van der Waals surface area contributed by atoms with Crippen molar-refractivity contribution in [3.8, 4) is 11.3 Å². The highest BCUT2D eigenvalue weighted by atomic mass is 16.5. The molecule has 0 aliphatic carbocycles. The van der Waals surface area contributed by atoms with Gasteiger partial charge in [0.15, 0.2) is 11.5 Å². The van der Waals surface area contributed by atoms with E-state index in [0.717, 1.165) is 5.56 Å². The number of nitrogens with one attached hydrogen (secondary N) is 1. The van der Waals surface area contributed by atoms with Gasteiger partial charge in [-0.05, 0) is 12.3 Å². The Morgan fingerprint density at radius 3 is 2.71 bits per heavy atom. The van der Waals surface area contributed by atoms with Crippen LogP contribution in [0.4, 0.5) is 0 Å². The van der Waals surface area contributed by atoms with Gasteiger partial charge in [0.25, 0.3) is 5.91 Å². The Kier molecular flexibility index (Phi) is 5.11. The first kappa shape index (κ1) is 15.3. The van der Waals surface area contributed by atoms with Gasteiger partial charge in [-0.1, -0.05) is 49.3 Å². The van der Waals surface area contributed by atoms with Crippen molar-refractivity contribution >= 4 is 5.91 Å². The number of aliphatic hydroxyl groups excluding tert-OH is 1.